The first kappa shape index (κ1) is 24.2. The van der Waals surface area contributed by atoms with Crippen LogP contribution in [0, 0.1) is 0 Å². The number of phenolic OH excluding ortho intramolecular Hbond substituents is 3. The first-order chi connectivity index (χ1) is 15.4. The second kappa shape index (κ2) is 10.5. The van der Waals surface area contributed by atoms with E-state index in [1.54, 1.807) is 57.7 Å². The Labute approximate surface area is 190 Å². The van der Waals surface area contributed by atoms with Crippen molar-refractivity contribution in [1.29, 1.82) is 0 Å². The minimum atomic E-state index is -2.74. The van der Waals surface area contributed by atoms with Crippen LogP contribution in [0.4, 0.5) is 0 Å². The van der Waals surface area contributed by atoms with Crippen LogP contribution in [0.5, 0.6) is 17.2 Å². The fourth-order valence-corrected chi connectivity index (χ4v) is 11.2. The third kappa shape index (κ3) is 4.98. The summed E-state index contributed by atoms with van der Waals surface area (Å²) in [5.41, 5.74) is 0. The van der Waals surface area contributed by atoms with Crippen LogP contribution in [0.3, 0.4) is 0 Å². The Kier molecular flexibility index (Phi) is 7.93. The zero-order valence-corrected chi connectivity index (χ0v) is 20.6. The van der Waals surface area contributed by atoms with Gasteiger partial charge in [-0.3, -0.25) is 0 Å². The van der Waals surface area contributed by atoms with Gasteiger partial charge in [0.05, 0.1) is 0 Å². The third-order valence-corrected chi connectivity index (χ3v) is 13.9. The SMILES string of the molecule is CO[Si](CCC[PH](c1ccc(O)cc1)(c1ccc(O)cc1)c1ccc(O)cc1)(OC)OC. The molecule has 3 aromatic carbocycles. The van der Waals surface area contributed by atoms with E-state index < -0.39 is 16.1 Å². The Bertz CT molecular complexity index is 869. The predicted octanol–water partition coefficient (Wildman–Crippen LogP) is 3.10. The van der Waals surface area contributed by atoms with E-state index in [1.165, 1.54) is 0 Å². The molecule has 6 nitrogen and oxygen atoms in total. The molecule has 0 heterocycles. The molecule has 0 bridgehead atoms. The van der Waals surface area contributed by atoms with Crippen LogP contribution in [0.1, 0.15) is 6.42 Å². The van der Waals surface area contributed by atoms with E-state index in [2.05, 4.69) is 0 Å². The van der Waals surface area contributed by atoms with Crippen LogP contribution in [0.2, 0.25) is 6.04 Å². The predicted molar refractivity (Wildman–Crippen MR) is 133 cm³/mol. The molecule has 0 amide bonds. The zero-order valence-electron chi connectivity index (χ0n) is 18.6. The summed E-state index contributed by atoms with van der Waals surface area (Å²) in [6.45, 7) is 0. The van der Waals surface area contributed by atoms with Crippen LogP contribution in [0.15, 0.2) is 72.8 Å². The standard InChI is InChI=1S/C24H31O6PSi/c1-28-32(29-2,30-3)18-4-17-31(22-11-5-19(25)6-12-22,23-13-7-20(26)8-14-23)24-15-9-21(27)10-16-24/h5-16,25-27,31H,4,17-18H2,1-3H3. The van der Waals surface area contributed by atoms with E-state index >= 15 is 0 Å². The van der Waals surface area contributed by atoms with E-state index in [4.69, 9.17) is 13.3 Å². The van der Waals surface area contributed by atoms with Gasteiger partial charge in [-0.15, -0.1) is 0 Å². The van der Waals surface area contributed by atoms with Crippen molar-refractivity contribution in [2.24, 2.45) is 0 Å². The molecule has 0 aliphatic rings. The Balaban J connectivity index is 2.15. The summed E-state index contributed by atoms with van der Waals surface area (Å²) in [5.74, 6) is 0.618. The molecule has 0 aliphatic carbocycles. The molecule has 0 aromatic heterocycles. The van der Waals surface area contributed by atoms with Crippen LogP contribution in [0.25, 0.3) is 0 Å². The number of benzene rings is 3. The summed E-state index contributed by atoms with van der Waals surface area (Å²) in [6.07, 6.45) is 1.61. The van der Waals surface area contributed by atoms with Crippen molar-refractivity contribution < 1.29 is 28.6 Å². The van der Waals surface area contributed by atoms with Crippen molar-refractivity contribution in [3.63, 3.8) is 0 Å². The van der Waals surface area contributed by atoms with Crippen LogP contribution >= 0.6 is 7.26 Å². The second-order valence-corrected chi connectivity index (χ2v) is 14.8. The average molecular weight is 475 g/mol. The molecule has 3 aromatic rings. The zero-order chi connectivity index (χ0) is 23.2. The average Bonchev–Trinajstić information content (AvgIpc) is 2.82. The molecule has 0 unspecified atom stereocenters. The van der Waals surface area contributed by atoms with Gasteiger partial charge in [0.25, 0.3) is 0 Å². The van der Waals surface area contributed by atoms with Gasteiger partial charge in [-0.05, 0) is 0 Å². The normalized spacial score (nSPS) is 12.6. The van der Waals surface area contributed by atoms with Gasteiger partial charge in [0.15, 0.2) is 0 Å². The van der Waals surface area contributed by atoms with Gasteiger partial charge in [-0.25, -0.2) is 0 Å². The van der Waals surface area contributed by atoms with Crippen molar-refractivity contribution in [2.75, 3.05) is 27.5 Å². The van der Waals surface area contributed by atoms with Gasteiger partial charge in [0.2, 0.25) is 0 Å². The van der Waals surface area contributed by atoms with Crippen LogP contribution < -0.4 is 15.9 Å². The van der Waals surface area contributed by atoms with Crippen molar-refractivity contribution in [2.45, 2.75) is 12.5 Å². The van der Waals surface area contributed by atoms with Crippen LogP contribution in [-0.4, -0.2) is 51.6 Å². The van der Waals surface area contributed by atoms with Gasteiger partial charge >= 0.3 is 191 Å². The first-order valence-corrected chi connectivity index (χ1v) is 14.6. The quantitative estimate of drug-likeness (QED) is 0.309. The maximum atomic E-state index is 9.92. The Hall–Kier alpha value is -2.41. The van der Waals surface area contributed by atoms with Crippen LogP contribution in [-0.2, 0) is 13.3 Å². The summed E-state index contributed by atoms with van der Waals surface area (Å²) in [7, 11) is -0.508. The van der Waals surface area contributed by atoms with Gasteiger partial charge < -0.3 is 0 Å². The Morgan fingerprint density at radius 1 is 0.594 bits per heavy atom. The number of aromatic hydroxyl groups is 3. The molecule has 8 heteroatoms. The number of hydrogen-bond donors (Lipinski definition) is 3. The molecular formula is C24H31O6PSi. The van der Waals surface area contributed by atoms with E-state index in [-0.39, 0.29) is 17.2 Å². The minimum absolute atomic E-state index is 0.206. The fourth-order valence-electron chi connectivity index (χ4n) is 4.30. The van der Waals surface area contributed by atoms with Crippen molar-refractivity contribution in [3.05, 3.63) is 72.8 Å². The monoisotopic (exact) mass is 474 g/mol. The molecule has 3 rings (SSSR count). The Morgan fingerprint density at radius 2 is 0.906 bits per heavy atom. The molecule has 172 valence electrons. The molecule has 3 N–H and O–H groups in total. The van der Waals surface area contributed by atoms with Gasteiger partial charge in [-0.1, -0.05) is 0 Å². The van der Waals surface area contributed by atoms with E-state index in [9.17, 15) is 15.3 Å². The molecule has 0 atom stereocenters. The van der Waals surface area contributed by atoms with Gasteiger partial charge in [-0.2, -0.15) is 0 Å². The maximum absolute atomic E-state index is 9.92. The second-order valence-electron chi connectivity index (χ2n) is 7.69. The molecule has 32 heavy (non-hydrogen) atoms. The van der Waals surface area contributed by atoms with E-state index in [0.717, 1.165) is 28.5 Å². The molecular weight excluding hydrogens is 443 g/mol. The molecule has 0 aliphatic heterocycles. The Morgan fingerprint density at radius 3 is 1.19 bits per heavy atom. The first-order valence-electron chi connectivity index (χ1n) is 10.4. The van der Waals surface area contributed by atoms with Gasteiger partial charge in [0.1, 0.15) is 0 Å². The number of hydrogen-bond acceptors (Lipinski definition) is 6. The number of rotatable bonds is 10. The fraction of sp³-hybridized carbons (Fsp3) is 0.250. The van der Waals surface area contributed by atoms with Crippen molar-refractivity contribution in [1.82, 2.24) is 0 Å². The third-order valence-electron chi connectivity index (χ3n) is 6.05. The summed E-state index contributed by atoms with van der Waals surface area (Å²) < 4.78 is 16.9. The van der Waals surface area contributed by atoms with Crippen molar-refractivity contribution in [3.8, 4) is 17.2 Å². The summed E-state index contributed by atoms with van der Waals surface area (Å²) in [6, 6.07) is 22.7. The summed E-state index contributed by atoms with van der Waals surface area (Å²) in [4.78, 5) is 0. The molecule has 0 saturated carbocycles. The van der Waals surface area contributed by atoms with Crippen molar-refractivity contribution >= 4 is 32.0 Å². The molecule has 0 spiro atoms. The van der Waals surface area contributed by atoms with E-state index in [1.807, 2.05) is 36.4 Å². The van der Waals surface area contributed by atoms with E-state index in [0.29, 0.717) is 6.04 Å². The molecule has 0 radical (unpaired) electrons. The molecule has 0 fully saturated rings. The number of phenols is 3. The summed E-state index contributed by atoms with van der Waals surface area (Å²) in [5, 5.41) is 33.1. The topological polar surface area (TPSA) is 88.4 Å². The summed E-state index contributed by atoms with van der Waals surface area (Å²) >= 11 is 0. The van der Waals surface area contributed by atoms with Gasteiger partial charge in [0, 0.05) is 0 Å². The molecule has 0 saturated heterocycles.